The monoisotopic (exact) mass is 266 g/mol. The fourth-order valence-corrected chi connectivity index (χ4v) is 1.66. The van der Waals surface area contributed by atoms with Crippen LogP contribution in [-0.2, 0) is 9.53 Å². The Hall–Kier alpha value is -1.91. The standard InChI is InChI=1S/C14H22N2O3/c1-14(2,3)19-13(17)9-16(4)11-8-10(15)6-7-12(11)18-5/h6-8H,9,15H2,1-5H3. The number of carbonyl (C=O) groups excluding carboxylic acids is 1. The van der Waals surface area contributed by atoms with E-state index < -0.39 is 5.60 Å². The second-order valence-corrected chi connectivity index (χ2v) is 5.37. The molecule has 0 atom stereocenters. The number of rotatable bonds is 4. The molecular weight excluding hydrogens is 244 g/mol. The smallest absolute Gasteiger partial charge is 0.326 e. The molecule has 1 aromatic rings. The van der Waals surface area contributed by atoms with Crippen LogP contribution < -0.4 is 15.4 Å². The lowest BCUT2D eigenvalue weighted by Gasteiger charge is -2.24. The number of hydrogen-bond acceptors (Lipinski definition) is 5. The Morgan fingerprint density at radius 1 is 1.37 bits per heavy atom. The van der Waals surface area contributed by atoms with E-state index in [-0.39, 0.29) is 12.5 Å². The highest BCUT2D eigenvalue weighted by molar-refractivity contribution is 5.78. The van der Waals surface area contributed by atoms with Crippen LogP contribution in [-0.4, -0.2) is 32.3 Å². The molecule has 106 valence electrons. The third kappa shape index (κ3) is 4.69. The number of ether oxygens (including phenoxy) is 2. The van der Waals surface area contributed by atoms with Gasteiger partial charge >= 0.3 is 5.97 Å². The average Bonchev–Trinajstić information content (AvgIpc) is 2.26. The normalized spacial score (nSPS) is 11.0. The minimum absolute atomic E-state index is 0.136. The summed E-state index contributed by atoms with van der Waals surface area (Å²) in [7, 11) is 3.37. The zero-order chi connectivity index (χ0) is 14.6. The van der Waals surface area contributed by atoms with E-state index >= 15 is 0 Å². The Kier molecular flexibility index (Phi) is 4.64. The van der Waals surface area contributed by atoms with Gasteiger partial charge in [0, 0.05) is 12.7 Å². The molecule has 2 N–H and O–H groups in total. The molecule has 0 aromatic heterocycles. The van der Waals surface area contributed by atoms with E-state index in [0.29, 0.717) is 11.4 Å². The lowest BCUT2D eigenvalue weighted by Crippen LogP contribution is -2.32. The second kappa shape index (κ2) is 5.82. The van der Waals surface area contributed by atoms with Crippen molar-refractivity contribution in [1.82, 2.24) is 0 Å². The molecule has 5 heteroatoms. The molecule has 1 aromatic carbocycles. The van der Waals surface area contributed by atoms with Crippen LogP contribution in [0.3, 0.4) is 0 Å². The number of anilines is 2. The second-order valence-electron chi connectivity index (χ2n) is 5.37. The van der Waals surface area contributed by atoms with Crippen LogP contribution in [0.25, 0.3) is 0 Å². The van der Waals surface area contributed by atoms with E-state index in [2.05, 4.69) is 0 Å². The van der Waals surface area contributed by atoms with Crippen LogP contribution in [0.5, 0.6) is 5.75 Å². The van der Waals surface area contributed by atoms with E-state index in [0.717, 1.165) is 5.69 Å². The first-order valence-electron chi connectivity index (χ1n) is 6.09. The van der Waals surface area contributed by atoms with Crippen molar-refractivity contribution in [3.05, 3.63) is 18.2 Å². The van der Waals surface area contributed by atoms with Gasteiger partial charge in [-0.3, -0.25) is 4.79 Å². The Morgan fingerprint density at radius 2 is 2.00 bits per heavy atom. The van der Waals surface area contributed by atoms with E-state index in [1.807, 2.05) is 20.8 Å². The number of nitrogens with zero attached hydrogens (tertiary/aromatic N) is 1. The van der Waals surface area contributed by atoms with Crippen LogP contribution in [0.15, 0.2) is 18.2 Å². The maximum atomic E-state index is 11.8. The van der Waals surface area contributed by atoms with Gasteiger partial charge in [-0.2, -0.15) is 0 Å². The summed E-state index contributed by atoms with van der Waals surface area (Å²) in [5.41, 5.74) is 6.64. The minimum Gasteiger partial charge on any atom is -0.495 e. The summed E-state index contributed by atoms with van der Waals surface area (Å²) in [5.74, 6) is 0.375. The summed E-state index contributed by atoms with van der Waals surface area (Å²) >= 11 is 0. The number of nitrogens with two attached hydrogens (primary N) is 1. The molecule has 1 rings (SSSR count). The van der Waals surface area contributed by atoms with Crippen LogP contribution in [0.2, 0.25) is 0 Å². The number of benzene rings is 1. The Morgan fingerprint density at radius 3 is 2.53 bits per heavy atom. The van der Waals surface area contributed by atoms with Gasteiger partial charge in [0.2, 0.25) is 0 Å². The quantitative estimate of drug-likeness (QED) is 0.667. The van der Waals surface area contributed by atoms with Gasteiger partial charge in [0.05, 0.1) is 12.8 Å². The molecule has 0 heterocycles. The molecule has 0 saturated carbocycles. The predicted octanol–water partition coefficient (Wildman–Crippen LogP) is 2.06. The zero-order valence-electron chi connectivity index (χ0n) is 12.2. The van der Waals surface area contributed by atoms with Crippen LogP contribution in [0.1, 0.15) is 20.8 Å². The first-order valence-corrected chi connectivity index (χ1v) is 6.09. The summed E-state index contributed by atoms with van der Waals surface area (Å²) in [6.07, 6.45) is 0. The van der Waals surface area contributed by atoms with Crippen LogP contribution in [0.4, 0.5) is 11.4 Å². The molecule has 0 aliphatic heterocycles. The van der Waals surface area contributed by atoms with Gasteiger partial charge in [0.25, 0.3) is 0 Å². The van der Waals surface area contributed by atoms with Crippen molar-refractivity contribution < 1.29 is 14.3 Å². The van der Waals surface area contributed by atoms with Crippen molar-refractivity contribution in [2.24, 2.45) is 0 Å². The summed E-state index contributed by atoms with van der Waals surface area (Å²) < 4.78 is 10.5. The summed E-state index contributed by atoms with van der Waals surface area (Å²) in [6, 6.07) is 5.29. The fourth-order valence-electron chi connectivity index (χ4n) is 1.66. The fraction of sp³-hybridized carbons (Fsp3) is 0.500. The summed E-state index contributed by atoms with van der Waals surface area (Å²) in [5, 5.41) is 0. The number of carbonyl (C=O) groups is 1. The van der Waals surface area contributed by atoms with Crippen LogP contribution in [0, 0.1) is 0 Å². The van der Waals surface area contributed by atoms with Crippen molar-refractivity contribution in [2.75, 3.05) is 31.3 Å². The van der Waals surface area contributed by atoms with Gasteiger partial charge in [-0.05, 0) is 39.0 Å². The highest BCUT2D eigenvalue weighted by Gasteiger charge is 2.19. The Bertz CT molecular complexity index is 452. The van der Waals surface area contributed by atoms with Gasteiger partial charge in [-0.1, -0.05) is 0 Å². The SMILES string of the molecule is COc1ccc(N)cc1N(C)CC(=O)OC(C)(C)C. The molecule has 0 bridgehead atoms. The number of methoxy groups -OCH3 is 1. The van der Waals surface area contributed by atoms with Gasteiger partial charge < -0.3 is 20.1 Å². The van der Waals surface area contributed by atoms with Crippen molar-refractivity contribution >= 4 is 17.3 Å². The molecule has 0 amide bonds. The lowest BCUT2D eigenvalue weighted by atomic mass is 10.2. The van der Waals surface area contributed by atoms with E-state index in [4.69, 9.17) is 15.2 Å². The van der Waals surface area contributed by atoms with Crippen LogP contribution >= 0.6 is 0 Å². The third-order valence-electron chi connectivity index (χ3n) is 2.40. The molecule has 0 spiro atoms. The molecular formula is C14H22N2O3. The zero-order valence-corrected chi connectivity index (χ0v) is 12.2. The van der Waals surface area contributed by atoms with Crippen molar-refractivity contribution in [3.63, 3.8) is 0 Å². The van der Waals surface area contributed by atoms with Crippen molar-refractivity contribution in [2.45, 2.75) is 26.4 Å². The highest BCUT2D eigenvalue weighted by Crippen LogP contribution is 2.29. The maximum Gasteiger partial charge on any atom is 0.326 e. The number of nitrogen functional groups attached to an aromatic ring is 1. The minimum atomic E-state index is -0.488. The van der Waals surface area contributed by atoms with E-state index in [9.17, 15) is 4.79 Å². The largest absolute Gasteiger partial charge is 0.495 e. The van der Waals surface area contributed by atoms with Crippen molar-refractivity contribution in [3.8, 4) is 5.75 Å². The molecule has 19 heavy (non-hydrogen) atoms. The molecule has 0 fully saturated rings. The molecule has 0 unspecified atom stereocenters. The summed E-state index contributed by atoms with van der Waals surface area (Å²) in [6.45, 7) is 5.65. The molecule has 0 radical (unpaired) electrons. The van der Waals surface area contributed by atoms with Gasteiger partial charge in [0.1, 0.15) is 17.9 Å². The number of esters is 1. The van der Waals surface area contributed by atoms with Crippen molar-refractivity contribution in [1.29, 1.82) is 0 Å². The number of likely N-dealkylation sites (N-methyl/N-ethyl adjacent to an activating group) is 1. The highest BCUT2D eigenvalue weighted by atomic mass is 16.6. The van der Waals surface area contributed by atoms with E-state index in [1.165, 1.54) is 0 Å². The topological polar surface area (TPSA) is 64.8 Å². The lowest BCUT2D eigenvalue weighted by molar-refractivity contribution is -0.152. The molecule has 5 nitrogen and oxygen atoms in total. The Labute approximate surface area is 114 Å². The first-order chi connectivity index (χ1) is 8.73. The van der Waals surface area contributed by atoms with Gasteiger partial charge in [-0.25, -0.2) is 0 Å². The maximum absolute atomic E-state index is 11.8. The summed E-state index contributed by atoms with van der Waals surface area (Å²) in [4.78, 5) is 13.5. The van der Waals surface area contributed by atoms with Gasteiger partial charge in [0.15, 0.2) is 0 Å². The molecule has 0 saturated heterocycles. The number of hydrogen-bond donors (Lipinski definition) is 1. The van der Waals surface area contributed by atoms with Gasteiger partial charge in [-0.15, -0.1) is 0 Å². The predicted molar refractivity (Wildman–Crippen MR) is 76.5 cm³/mol. The molecule has 0 aliphatic carbocycles. The molecule has 0 aliphatic rings. The third-order valence-corrected chi connectivity index (χ3v) is 2.40. The average molecular weight is 266 g/mol. The Balaban J connectivity index is 2.80. The van der Waals surface area contributed by atoms with E-state index in [1.54, 1.807) is 37.3 Å². The first kappa shape index (κ1) is 15.1.